The van der Waals surface area contributed by atoms with E-state index in [2.05, 4.69) is 5.32 Å². The minimum absolute atomic E-state index is 0.0751. The van der Waals surface area contributed by atoms with Gasteiger partial charge >= 0.3 is 5.97 Å². The number of benzene rings is 3. The van der Waals surface area contributed by atoms with Crippen molar-refractivity contribution in [3.63, 3.8) is 0 Å². The minimum Gasteiger partial charge on any atom is -0.423 e. The summed E-state index contributed by atoms with van der Waals surface area (Å²) in [5, 5.41) is 2.97. The van der Waals surface area contributed by atoms with Gasteiger partial charge in [0.05, 0.1) is 11.3 Å². The van der Waals surface area contributed by atoms with Crippen molar-refractivity contribution in [2.45, 2.75) is 0 Å². The summed E-state index contributed by atoms with van der Waals surface area (Å²) in [7, 11) is 0. The van der Waals surface area contributed by atoms with E-state index in [1.54, 1.807) is 54.6 Å². The molecule has 0 saturated carbocycles. The maximum atomic E-state index is 12.8. The molecule has 0 atom stereocenters. The Kier molecular flexibility index (Phi) is 5.85. The summed E-state index contributed by atoms with van der Waals surface area (Å²) in [6, 6.07) is 18.9. The molecule has 9 heteroatoms. The quantitative estimate of drug-likeness (QED) is 0.246. The highest BCUT2D eigenvalue weighted by atomic mass is 35.5. The lowest BCUT2D eigenvalue weighted by Crippen LogP contribution is -2.32. The van der Waals surface area contributed by atoms with E-state index < -0.39 is 17.8 Å². The average molecular weight is 468 g/mol. The molecule has 3 aromatic rings. The lowest BCUT2D eigenvalue weighted by atomic mass is 10.2. The molecule has 0 aromatic heterocycles. The first-order chi connectivity index (χ1) is 15.3. The standard InChI is InChI=1S/C23H15Cl2N3O4/c24-14-2-1-3-17(12-14)28-21(29)19(25)20(22(28)30)27-16-8-4-13(5-9-16)23(31)32-18-10-6-15(26)7-11-18/h1-12,27H,26H2. The number of esters is 1. The van der Waals surface area contributed by atoms with Gasteiger partial charge in [-0.05, 0) is 66.7 Å². The number of nitrogens with zero attached hydrogens (tertiary/aromatic N) is 1. The first kappa shape index (κ1) is 21.4. The summed E-state index contributed by atoms with van der Waals surface area (Å²) in [4.78, 5) is 38.6. The fraction of sp³-hybridized carbons (Fsp3) is 0. The molecule has 0 spiro atoms. The zero-order valence-electron chi connectivity index (χ0n) is 16.3. The summed E-state index contributed by atoms with van der Waals surface area (Å²) < 4.78 is 5.29. The van der Waals surface area contributed by atoms with Crippen molar-refractivity contribution in [2.75, 3.05) is 16.0 Å². The van der Waals surface area contributed by atoms with Crippen LogP contribution in [0.5, 0.6) is 5.75 Å². The number of rotatable bonds is 5. The van der Waals surface area contributed by atoms with Gasteiger partial charge in [-0.15, -0.1) is 0 Å². The SMILES string of the molecule is Nc1ccc(OC(=O)c2ccc(NC3=C(Cl)C(=O)N(c4cccc(Cl)c4)C3=O)cc2)cc1. The maximum absolute atomic E-state index is 12.8. The Hall–Kier alpha value is -3.81. The third-order valence-electron chi connectivity index (χ3n) is 4.57. The second-order valence-corrected chi connectivity index (χ2v) is 7.59. The van der Waals surface area contributed by atoms with E-state index in [-0.39, 0.29) is 10.7 Å². The van der Waals surface area contributed by atoms with Gasteiger partial charge in [0.2, 0.25) is 0 Å². The number of amides is 2. The number of carbonyl (C=O) groups is 3. The smallest absolute Gasteiger partial charge is 0.343 e. The van der Waals surface area contributed by atoms with Crippen LogP contribution in [0, 0.1) is 0 Å². The van der Waals surface area contributed by atoms with Crippen LogP contribution in [0.4, 0.5) is 17.1 Å². The largest absolute Gasteiger partial charge is 0.423 e. The maximum Gasteiger partial charge on any atom is 0.343 e. The van der Waals surface area contributed by atoms with E-state index in [9.17, 15) is 14.4 Å². The highest BCUT2D eigenvalue weighted by Gasteiger charge is 2.39. The summed E-state index contributed by atoms with van der Waals surface area (Å²) in [6.07, 6.45) is 0. The third-order valence-corrected chi connectivity index (χ3v) is 5.16. The molecular formula is C23H15Cl2N3O4. The third kappa shape index (κ3) is 4.30. The molecule has 32 heavy (non-hydrogen) atoms. The molecule has 4 rings (SSSR count). The highest BCUT2D eigenvalue weighted by molar-refractivity contribution is 6.53. The fourth-order valence-corrected chi connectivity index (χ4v) is 3.39. The molecule has 1 aliphatic rings. The van der Waals surface area contributed by atoms with Gasteiger partial charge in [-0.25, -0.2) is 9.69 Å². The summed E-state index contributed by atoms with van der Waals surface area (Å²) in [5.41, 5.74) is 7.15. The van der Waals surface area contributed by atoms with Crippen LogP contribution in [-0.4, -0.2) is 17.8 Å². The predicted octanol–water partition coefficient (Wildman–Crippen LogP) is 4.58. The van der Waals surface area contributed by atoms with Crippen LogP contribution >= 0.6 is 23.2 Å². The molecule has 0 bridgehead atoms. The van der Waals surface area contributed by atoms with Crippen LogP contribution in [-0.2, 0) is 9.59 Å². The second kappa shape index (κ2) is 8.74. The van der Waals surface area contributed by atoms with Gasteiger partial charge in [0.15, 0.2) is 0 Å². The van der Waals surface area contributed by atoms with Crippen LogP contribution in [0.3, 0.4) is 0 Å². The average Bonchev–Trinajstić information content (AvgIpc) is 2.99. The van der Waals surface area contributed by atoms with Crippen LogP contribution < -0.4 is 20.7 Å². The Bertz CT molecular complexity index is 1250. The van der Waals surface area contributed by atoms with Crippen LogP contribution in [0.2, 0.25) is 5.02 Å². The first-order valence-electron chi connectivity index (χ1n) is 9.32. The summed E-state index contributed by atoms with van der Waals surface area (Å²) in [5.74, 6) is -1.48. The Labute approximate surface area is 193 Å². The monoisotopic (exact) mass is 467 g/mol. The van der Waals surface area contributed by atoms with Crippen molar-refractivity contribution >= 4 is 58.0 Å². The number of nitrogens with one attached hydrogen (secondary N) is 1. The Balaban J connectivity index is 1.48. The number of halogens is 2. The van der Waals surface area contributed by atoms with E-state index in [0.29, 0.717) is 33.4 Å². The summed E-state index contributed by atoms with van der Waals surface area (Å²) in [6.45, 7) is 0. The van der Waals surface area contributed by atoms with Crippen molar-refractivity contribution in [3.05, 3.63) is 94.1 Å². The molecule has 0 saturated heterocycles. The normalized spacial score (nSPS) is 13.5. The van der Waals surface area contributed by atoms with E-state index in [4.69, 9.17) is 33.7 Å². The van der Waals surface area contributed by atoms with Crippen molar-refractivity contribution in [2.24, 2.45) is 0 Å². The molecule has 1 heterocycles. The van der Waals surface area contributed by atoms with Crippen LogP contribution in [0.1, 0.15) is 10.4 Å². The van der Waals surface area contributed by atoms with E-state index in [0.717, 1.165) is 4.90 Å². The Morgan fingerprint density at radius 2 is 1.59 bits per heavy atom. The minimum atomic E-state index is -0.662. The van der Waals surface area contributed by atoms with E-state index >= 15 is 0 Å². The zero-order chi connectivity index (χ0) is 22.8. The number of hydrogen-bond acceptors (Lipinski definition) is 6. The van der Waals surface area contributed by atoms with Gasteiger partial charge < -0.3 is 15.8 Å². The lowest BCUT2D eigenvalue weighted by molar-refractivity contribution is -0.120. The Morgan fingerprint density at radius 3 is 2.25 bits per heavy atom. The number of nitrogen functional groups attached to an aromatic ring is 1. The number of nitrogens with two attached hydrogens (primary N) is 1. The molecule has 3 N–H and O–H groups in total. The number of carbonyl (C=O) groups excluding carboxylic acids is 3. The summed E-state index contributed by atoms with van der Waals surface area (Å²) >= 11 is 12.1. The molecule has 0 fully saturated rings. The first-order valence-corrected chi connectivity index (χ1v) is 10.1. The van der Waals surface area contributed by atoms with Gasteiger partial charge in [-0.1, -0.05) is 29.3 Å². The number of anilines is 3. The number of hydrogen-bond donors (Lipinski definition) is 2. The van der Waals surface area contributed by atoms with Crippen molar-refractivity contribution in [1.29, 1.82) is 0 Å². The van der Waals surface area contributed by atoms with E-state index in [1.165, 1.54) is 18.2 Å². The van der Waals surface area contributed by atoms with Crippen molar-refractivity contribution in [1.82, 2.24) is 0 Å². The number of ether oxygens (including phenoxy) is 1. The fourth-order valence-electron chi connectivity index (χ4n) is 3.00. The molecule has 160 valence electrons. The van der Waals surface area contributed by atoms with Gasteiger partial charge in [0, 0.05) is 16.4 Å². The second-order valence-electron chi connectivity index (χ2n) is 6.78. The van der Waals surface area contributed by atoms with Crippen LogP contribution in [0.15, 0.2) is 83.5 Å². The molecular weight excluding hydrogens is 453 g/mol. The molecule has 7 nitrogen and oxygen atoms in total. The van der Waals surface area contributed by atoms with Crippen molar-refractivity contribution in [3.8, 4) is 5.75 Å². The lowest BCUT2D eigenvalue weighted by Gasteiger charge is -2.15. The van der Waals surface area contributed by atoms with E-state index in [1.807, 2.05) is 0 Å². The molecule has 2 amide bonds. The molecule has 0 aliphatic carbocycles. The van der Waals surface area contributed by atoms with Gasteiger partial charge in [0.1, 0.15) is 16.5 Å². The molecule has 0 unspecified atom stereocenters. The van der Waals surface area contributed by atoms with Crippen LogP contribution in [0.25, 0.3) is 0 Å². The molecule has 0 radical (unpaired) electrons. The Morgan fingerprint density at radius 1 is 0.906 bits per heavy atom. The van der Waals surface area contributed by atoms with Gasteiger partial charge in [-0.2, -0.15) is 0 Å². The highest BCUT2D eigenvalue weighted by Crippen LogP contribution is 2.31. The number of imide groups is 1. The van der Waals surface area contributed by atoms with Crippen molar-refractivity contribution < 1.29 is 19.1 Å². The molecule has 3 aromatic carbocycles. The zero-order valence-corrected chi connectivity index (χ0v) is 17.9. The molecule has 1 aliphatic heterocycles. The van der Waals surface area contributed by atoms with Gasteiger partial charge in [-0.3, -0.25) is 9.59 Å². The van der Waals surface area contributed by atoms with Gasteiger partial charge in [0.25, 0.3) is 11.8 Å². The predicted molar refractivity (Wildman–Crippen MR) is 123 cm³/mol. The topological polar surface area (TPSA) is 102 Å².